The minimum atomic E-state index is -0.207. The maximum Gasteiger partial charge on any atom is 0.259 e. The first-order chi connectivity index (χ1) is 19.5. The molecule has 0 radical (unpaired) electrons. The number of aromatic nitrogens is 5. The highest BCUT2D eigenvalue weighted by Gasteiger charge is 2.20. The normalized spacial score (nSPS) is 13.4. The summed E-state index contributed by atoms with van der Waals surface area (Å²) in [4.78, 5) is 29.3. The molecular weight excluding hydrogens is 508 g/mol. The van der Waals surface area contributed by atoms with Crippen molar-refractivity contribution >= 4 is 23.0 Å². The van der Waals surface area contributed by atoms with E-state index in [1.807, 2.05) is 61.0 Å². The highest BCUT2D eigenvalue weighted by molar-refractivity contribution is 6.08. The van der Waals surface area contributed by atoms with Gasteiger partial charge in [0.1, 0.15) is 17.1 Å². The molecule has 210 valence electrons. The Labute approximate surface area is 233 Å². The number of anilines is 1. The number of ether oxygens (including phenoxy) is 2. The number of carbonyl (C=O) groups is 2. The molecule has 10 heteroatoms. The number of hydrogen-bond donors (Lipinski definition) is 1. The van der Waals surface area contributed by atoms with Gasteiger partial charge in [0.05, 0.1) is 44.7 Å². The van der Waals surface area contributed by atoms with Crippen molar-refractivity contribution in [3.8, 4) is 11.3 Å². The minimum absolute atomic E-state index is 0.207. The fourth-order valence-corrected chi connectivity index (χ4v) is 4.82. The van der Waals surface area contributed by atoms with Crippen molar-refractivity contribution in [3.05, 3.63) is 65.7 Å². The SMILES string of the molecule is Cc1cc(C)n2ccc(C(=O)Nc3ccc(-c4cn(CCOCCOCCC(=O)CC5CCC5)nn4)cc3)c2n1. The van der Waals surface area contributed by atoms with Gasteiger partial charge in [-0.15, -0.1) is 5.10 Å². The van der Waals surface area contributed by atoms with Crippen molar-refractivity contribution in [2.45, 2.75) is 52.5 Å². The maximum atomic E-state index is 12.9. The number of carbonyl (C=O) groups excluding carboxylic acids is 2. The second kappa shape index (κ2) is 13.0. The molecule has 1 saturated carbocycles. The third kappa shape index (κ3) is 7.00. The van der Waals surface area contributed by atoms with E-state index in [4.69, 9.17) is 9.47 Å². The van der Waals surface area contributed by atoms with Gasteiger partial charge in [0, 0.05) is 41.7 Å². The molecule has 1 aliphatic carbocycles. The van der Waals surface area contributed by atoms with Gasteiger partial charge in [-0.05, 0) is 44.0 Å². The topological polar surface area (TPSA) is 113 Å². The van der Waals surface area contributed by atoms with Crippen LogP contribution in [0.25, 0.3) is 16.9 Å². The Hall–Kier alpha value is -3.89. The van der Waals surface area contributed by atoms with Gasteiger partial charge < -0.3 is 19.2 Å². The van der Waals surface area contributed by atoms with Crippen LogP contribution in [0.4, 0.5) is 5.69 Å². The smallest absolute Gasteiger partial charge is 0.259 e. The lowest BCUT2D eigenvalue weighted by Crippen LogP contribution is -2.17. The van der Waals surface area contributed by atoms with Gasteiger partial charge in [-0.3, -0.25) is 9.59 Å². The molecule has 1 aromatic carbocycles. The van der Waals surface area contributed by atoms with Crippen molar-refractivity contribution in [2.75, 3.05) is 31.7 Å². The van der Waals surface area contributed by atoms with Gasteiger partial charge >= 0.3 is 0 Å². The Balaban J connectivity index is 1.02. The standard InChI is InChI=1S/C30H36N6O4/c1-21-18-22(2)36-12-10-27(29(36)31-21)30(38)32-25-8-6-24(7-9-25)28-20-35(34-33-28)13-15-40-17-16-39-14-11-26(37)19-23-4-3-5-23/h6-10,12,18,20,23H,3-5,11,13-17,19H2,1-2H3,(H,32,38). The zero-order valence-corrected chi connectivity index (χ0v) is 23.1. The van der Waals surface area contributed by atoms with E-state index in [1.165, 1.54) is 19.3 Å². The number of fused-ring (bicyclic) bond motifs is 1. The van der Waals surface area contributed by atoms with E-state index >= 15 is 0 Å². The average Bonchev–Trinajstić information content (AvgIpc) is 3.56. The fourth-order valence-electron chi connectivity index (χ4n) is 4.82. The Morgan fingerprint density at radius 1 is 1.02 bits per heavy atom. The first kappa shape index (κ1) is 27.7. The van der Waals surface area contributed by atoms with Gasteiger partial charge in [-0.25, -0.2) is 9.67 Å². The van der Waals surface area contributed by atoms with Crippen LogP contribution in [0.3, 0.4) is 0 Å². The predicted octanol–water partition coefficient (Wildman–Crippen LogP) is 4.64. The molecule has 0 atom stereocenters. The highest BCUT2D eigenvalue weighted by atomic mass is 16.5. The summed E-state index contributed by atoms with van der Waals surface area (Å²) in [6, 6.07) is 11.3. The number of Topliss-reactive ketones (excluding diaryl/α,β-unsaturated/α-hetero) is 1. The van der Waals surface area contributed by atoms with Crippen molar-refractivity contribution in [3.63, 3.8) is 0 Å². The van der Waals surface area contributed by atoms with Gasteiger partial charge in [0.2, 0.25) is 0 Å². The number of hydrogen-bond acceptors (Lipinski definition) is 7. The predicted molar refractivity (Wildman–Crippen MR) is 151 cm³/mol. The molecule has 1 aliphatic rings. The number of aryl methyl sites for hydroxylation is 2. The van der Waals surface area contributed by atoms with Crippen LogP contribution in [0, 0.1) is 19.8 Å². The zero-order valence-electron chi connectivity index (χ0n) is 23.1. The molecule has 10 nitrogen and oxygen atoms in total. The van der Waals surface area contributed by atoms with E-state index in [0.717, 1.165) is 22.6 Å². The molecule has 5 rings (SSSR count). The van der Waals surface area contributed by atoms with Crippen LogP contribution in [0.1, 0.15) is 53.8 Å². The molecular formula is C30H36N6O4. The Kier molecular flexibility index (Phi) is 8.98. The summed E-state index contributed by atoms with van der Waals surface area (Å²) in [6.07, 6.45) is 8.60. The van der Waals surface area contributed by atoms with E-state index in [1.54, 1.807) is 10.7 Å². The summed E-state index contributed by atoms with van der Waals surface area (Å²) in [5, 5.41) is 11.4. The van der Waals surface area contributed by atoms with Gasteiger partial charge in [-0.1, -0.05) is 36.6 Å². The molecule has 0 bridgehead atoms. The average molecular weight is 545 g/mol. The number of nitrogens with zero attached hydrogens (tertiary/aromatic N) is 5. The van der Waals surface area contributed by atoms with Crippen molar-refractivity contribution in [2.24, 2.45) is 5.92 Å². The number of nitrogens with one attached hydrogen (secondary N) is 1. The summed E-state index contributed by atoms with van der Waals surface area (Å²) in [7, 11) is 0. The third-order valence-electron chi connectivity index (χ3n) is 7.26. The molecule has 3 aromatic heterocycles. The van der Waals surface area contributed by atoms with Crippen LogP contribution < -0.4 is 5.32 Å². The second-order valence-electron chi connectivity index (χ2n) is 10.4. The minimum Gasteiger partial charge on any atom is -0.379 e. The quantitative estimate of drug-likeness (QED) is 0.230. The third-order valence-corrected chi connectivity index (χ3v) is 7.26. The van der Waals surface area contributed by atoms with Crippen molar-refractivity contribution in [1.29, 1.82) is 0 Å². The first-order valence-electron chi connectivity index (χ1n) is 13.9. The van der Waals surface area contributed by atoms with Crippen LogP contribution >= 0.6 is 0 Å². The number of ketones is 1. The summed E-state index contributed by atoms with van der Waals surface area (Å²) in [5.41, 5.74) is 5.39. The van der Waals surface area contributed by atoms with E-state index in [0.29, 0.717) is 74.4 Å². The van der Waals surface area contributed by atoms with Crippen LogP contribution in [0.2, 0.25) is 0 Å². The summed E-state index contributed by atoms with van der Waals surface area (Å²) in [6.45, 7) is 6.37. The highest BCUT2D eigenvalue weighted by Crippen LogP contribution is 2.29. The molecule has 0 saturated heterocycles. The summed E-state index contributed by atoms with van der Waals surface area (Å²) < 4.78 is 14.8. The van der Waals surface area contributed by atoms with Crippen molar-refractivity contribution in [1.82, 2.24) is 24.4 Å². The first-order valence-corrected chi connectivity index (χ1v) is 13.9. The number of benzene rings is 1. The van der Waals surface area contributed by atoms with Crippen LogP contribution in [0.5, 0.6) is 0 Å². The molecule has 1 fully saturated rings. The molecule has 4 aromatic rings. The summed E-state index contributed by atoms with van der Waals surface area (Å²) >= 11 is 0. The molecule has 0 aliphatic heterocycles. The molecule has 0 spiro atoms. The Morgan fingerprint density at radius 2 is 1.80 bits per heavy atom. The molecule has 0 unspecified atom stereocenters. The van der Waals surface area contributed by atoms with E-state index in [-0.39, 0.29) is 5.91 Å². The van der Waals surface area contributed by atoms with E-state index in [2.05, 4.69) is 20.6 Å². The lowest BCUT2D eigenvalue weighted by atomic mass is 9.81. The van der Waals surface area contributed by atoms with E-state index in [9.17, 15) is 9.59 Å². The second-order valence-corrected chi connectivity index (χ2v) is 10.4. The van der Waals surface area contributed by atoms with E-state index < -0.39 is 0 Å². The largest absolute Gasteiger partial charge is 0.379 e. The maximum absolute atomic E-state index is 12.9. The van der Waals surface area contributed by atoms with Gasteiger partial charge in [0.25, 0.3) is 5.91 Å². The lowest BCUT2D eigenvalue weighted by Gasteiger charge is -2.24. The van der Waals surface area contributed by atoms with Crippen LogP contribution in [-0.2, 0) is 20.8 Å². The number of amides is 1. The lowest BCUT2D eigenvalue weighted by molar-refractivity contribution is -0.121. The fraction of sp³-hybridized carbons (Fsp3) is 0.433. The zero-order chi connectivity index (χ0) is 27.9. The monoisotopic (exact) mass is 544 g/mol. The summed E-state index contributed by atoms with van der Waals surface area (Å²) in [5.74, 6) is 0.714. The van der Waals surface area contributed by atoms with Gasteiger partial charge in [-0.2, -0.15) is 0 Å². The Morgan fingerprint density at radius 3 is 2.55 bits per heavy atom. The van der Waals surface area contributed by atoms with Crippen LogP contribution in [0.15, 0.2) is 48.8 Å². The molecule has 3 heterocycles. The van der Waals surface area contributed by atoms with Crippen molar-refractivity contribution < 1.29 is 19.1 Å². The molecule has 1 N–H and O–H groups in total. The van der Waals surface area contributed by atoms with Gasteiger partial charge in [0.15, 0.2) is 0 Å². The Bertz CT molecular complexity index is 1450. The molecule has 1 amide bonds. The van der Waals surface area contributed by atoms with Crippen LogP contribution in [-0.4, -0.2) is 62.5 Å². The number of rotatable bonds is 14. The molecule has 40 heavy (non-hydrogen) atoms.